The Morgan fingerprint density at radius 2 is 1.51 bits per heavy atom. The molecular formula is C34H24N4O. The van der Waals surface area contributed by atoms with Crippen LogP contribution in [0.15, 0.2) is 108 Å². The zero-order chi connectivity index (χ0) is 25.9. The summed E-state index contributed by atoms with van der Waals surface area (Å²) in [6.07, 6.45) is 8.26. The van der Waals surface area contributed by atoms with Crippen LogP contribution in [0.3, 0.4) is 0 Å². The van der Waals surface area contributed by atoms with Gasteiger partial charge in [-0.25, -0.2) is 4.98 Å². The van der Waals surface area contributed by atoms with Crippen LogP contribution in [-0.4, -0.2) is 19.5 Å². The van der Waals surface area contributed by atoms with Gasteiger partial charge in [0.2, 0.25) is 5.95 Å². The molecule has 0 bridgehead atoms. The third-order valence-corrected chi connectivity index (χ3v) is 7.58. The molecule has 3 heterocycles. The van der Waals surface area contributed by atoms with Gasteiger partial charge in [0.25, 0.3) is 0 Å². The van der Waals surface area contributed by atoms with Crippen LogP contribution >= 0.6 is 0 Å². The zero-order valence-electron chi connectivity index (χ0n) is 21.4. The second kappa shape index (κ2) is 8.50. The van der Waals surface area contributed by atoms with Gasteiger partial charge in [0, 0.05) is 33.2 Å². The minimum atomic E-state index is 0.604. The van der Waals surface area contributed by atoms with E-state index in [2.05, 4.69) is 84.3 Å². The summed E-state index contributed by atoms with van der Waals surface area (Å²) in [7, 11) is 0. The average molecular weight is 505 g/mol. The summed E-state index contributed by atoms with van der Waals surface area (Å²) in [5, 5.41) is 4.53. The first-order valence-corrected chi connectivity index (χ1v) is 13.3. The van der Waals surface area contributed by atoms with Crippen molar-refractivity contribution < 1.29 is 4.42 Å². The largest absolute Gasteiger partial charge is 0.456 e. The standard InChI is InChI=1S/C34H24N4O/c1-21-16-17-25-27-19-26-24-14-8-9-15-28(24)38(29(26)20-31(27)39-30(25)18-21)34-36-32(22-10-4-2-5-11-22)35-33(37-34)23-12-6-3-7-13-23/h2-6,8-12,14-20H,7,13H2,1H3. The van der Waals surface area contributed by atoms with Crippen molar-refractivity contribution in [2.24, 2.45) is 0 Å². The summed E-state index contributed by atoms with van der Waals surface area (Å²) in [6.45, 7) is 2.09. The van der Waals surface area contributed by atoms with E-state index < -0.39 is 0 Å². The van der Waals surface area contributed by atoms with E-state index in [1.807, 2.05) is 30.3 Å². The van der Waals surface area contributed by atoms with Crippen LogP contribution in [-0.2, 0) is 0 Å². The minimum absolute atomic E-state index is 0.604. The van der Waals surface area contributed by atoms with Crippen molar-refractivity contribution in [3.63, 3.8) is 0 Å². The number of nitrogens with zero attached hydrogens (tertiary/aromatic N) is 4. The lowest BCUT2D eigenvalue weighted by Crippen LogP contribution is -2.08. The van der Waals surface area contributed by atoms with Crippen molar-refractivity contribution in [3.05, 3.63) is 115 Å². The van der Waals surface area contributed by atoms with E-state index in [1.165, 1.54) is 5.56 Å². The fourth-order valence-corrected chi connectivity index (χ4v) is 5.67. The fraction of sp³-hybridized carbons (Fsp3) is 0.0882. The highest BCUT2D eigenvalue weighted by molar-refractivity contribution is 6.17. The first-order valence-electron chi connectivity index (χ1n) is 13.3. The van der Waals surface area contributed by atoms with Crippen molar-refractivity contribution in [1.82, 2.24) is 19.5 Å². The molecule has 3 aromatic heterocycles. The Hall–Kier alpha value is -5.03. The maximum absolute atomic E-state index is 6.36. The highest BCUT2D eigenvalue weighted by Gasteiger charge is 2.20. The molecular weight excluding hydrogens is 480 g/mol. The minimum Gasteiger partial charge on any atom is -0.456 e. The maximum Gasteiger partial charge on any atom is 0.238 e. The second-order valence-corrected chi connectivity index (χ2v) is 10.1. The predicted molar refractivity (Wildman–Crippen MR) is 158 cm³/mol. The molecule has 5 heteroatoms. The Kier molecular flexibility index (Phi) is 4.79. The summed E-state index contributed by atoms with van der Waals surface area (Å²) in [5.41, 5.74) is 7.07. The van der Waals surface area contributed by atoms with E-state index in [-0.39, 0.29) is 0 Å². The lowest BCUT2D eigenvalue weighted by atomic mass is 10.0. The van der Waals surface area contributed by atoms with E-state index in [0.717, 1.165) is 73.5 Å². The Morgan fingerprint density at radius 1 is 0.692 bits per heavy atom. The topological polar surface area (TPSA) is 56.7 Å². The van der Waals surface area contributed by atoms with Crippen LogP contribution in [0.4, 0.5) is 0 Å². The monoisotopic (exact) mass is 504 g/mol. The summed E-state index contributed by atoms with van der Waals surface area (Å²) < 4.78 is 8.51. The number of rotatable bonds is 3. The summed E-state index contributed by atoms with van der Waals surface area (Å²) >= 11 is 0. The molecule has 1 aliphatic rings. The lowest BCUT2D eigenvalue weighted by molar-refractivity contribution is 0.669. The van der Waals surface area contributed by atoms with Crippen LogP contribution in [0.25, 0.3) is 66.7 Å². The van der Waals surface area contributed by atoms with Gasteiger partial charge in [0.05, 0.1) is 11.0 Å². The summed E-state index contributed by atoms with van der Waals surface area (Å²) in [6, 6.07) is 29.3. The van der Waals surface area contributed by atoms with Crippen molar-refractivity contribution in [1.29, 1.82) is 0 Å². The van der Waals surface area contributed by atoms with Gasteiger partial charge in [-0.2, -0.15) is 9.97 Å². The number of furan rings is 1. The Bertz CT molecular complexity index is 2130. The quantitative estimate of drug-likeness (QED) is 0.242. The highest BCUT2D eigenvalue weighted by Crippen LogP contribution is 2.38. The molecule has 0 atom stereocenters. The van der Waals surface area contributed by atoms with Gasteiger partial charge in [-0.1, -0.05) is 78.9 Å². The van der Waals surface area contributed by atoms with Crippen molar-refractivity contribution in [3.8, 4) is 17.3 Å². The molecule has 1 aliphatic carbocycles. The van der Waals surface area contributed by atoms with Crippen LogP contribution in [0.5, 0.6) is 0 Å². The molecule has 7 aromatic rings. The Balaban J connectivity index is 1.46. The number of allylic oxidation sites excluding steroid dienone is 4. The van der Waals surface area contributed by atoms with E-state index in [9.17, 15) is 0 Å². The van der Waals surface area contributed by atoms with E-state index in [4.69, 9.17) is 19.4 Å². The molecule has 8 rings (SSSR count). The van der Waals surface area contributed by atoms with Gasteiger partial charge < -0.3 is 4.42 Å². The van der Waals surface area contributed by atoms with Gasteiger partial charge in [0.1, 0.15) is 11.2 Å². The van der Waals surface area contributed by atoms with E-state index in [1.54, 1.807) is 0 Å². The molecule has 4 aromatic carbocycles. The fourth-order valence-electron chi connectivity index (χ4n) is 5.67. The van der Waals surface area contributed by atoms with Gasteiger partial charge in [-0.3, -0.25) is 4.57 Å². The molecule has 0 unspecified atom stereocenters. The Morgan fingerprint density at radius 3 is 2.38 bits per heavy atom. The molecule has 0 N–H and O–H groups in total. The molecule has 0 spiro atoms. The lowest BCUT2D eigenvalue weighted by Gasteiger charge is -2.13. The van der Waals surface area contributed by atoms with E-state index >= 15 is 0 Å². The van der Waals surface area contributed by atoms with Crippen LogP contribution in [0, 0.1) is 6.92 Å². The number of hydrogen-bond donors (Lipinski definition) is 0. The number of aryl methyl sites for hydroxylation is 1. The molecule has 186 valence electrons. The number of aromatic nitrogens is 4. The van der Waals surface area contributed by atoms with Crippen molar-refractivity contribution >= 4 is 49.3 Å². The molecule has 0 amide bonds. The number of para-hydroxylation sites is 1. The van der Waals surface area contributed by atoms with Crippen LogP contribution in [0.1, 0.15) is 24.2 Å². The molecule has 0 radical (unpaired) electrons. The first-order chi connectivity index (χ1) is 19.2. The molecule has 0 aliphatic heterocycles. The second-order valence-electron chi connectivity index (χ2n) is 10.1. The molecule has 0 saturated carbocycles. The van der Waals surface area contributed by atoms with Crippen LogP contribution in [0.2, 0.25) is 0 Å². The van der Waals surface area contributed by atoms with Crippen molar-refractivity contribution in [2.45, 2.75) is 19.8 Å². The van der Waals surface area contributed by atoms with E-state index in [0.29, 0.717) is 11.8 Å². The van der Waals surface area contributed by atoms with Gasteiger partial charge in [-0.05, 0) is 49.1 Å². The average Bonchev–Trinajstić information content (AvgIpc) is 3.50. The normalized spacial score (nSPS) is 13.6. The SMILES string of the molecule is Cc1ccc2c(c1)oc1cc3c(cc12)c1ccccc1n3-c1nc(C2=CC=CCC2)nc(-c2ccccc2)n1. The Labute approximate surface area is 224 Å². The summed E-state index contributed by atoms with van der Waals surface area (Å²) in [4.78, 5) is 15.0. The molecule has 5 nitrogen and oxygen atoms in total. The maximum atomic E-state index is 6.36. The number of hydrogen-bond acceptors (Lipinski definition) is 4. The van der Waals surface area contributed by atoms with Gasteiger partial charge in [-0.15, -0.1) is 0 Å². The van der Waals surface area contributed by atoms with Crippen molar-refractivity contribution in [2.75, 3.05) is 0 Å². The predicted octanol–water partition coefficient (Wildman–Crippen LogP) is 8.58. The molecule has 0 saturated heterocycles. The van der Waals surface area contributed by atoms with Crippen LogP contribution < -0.4 is 0 Å². The first kappa shape index (κ1) is 22.0. The molecule has 0 fully saturated rings. The third kappa shape index (κ3) is 3.51. The third-order valence-electron chi connectivity index (χ3n) is 7.58. The smallest absolute Gasteiger partial charge is 0.238 e. The highest BCUT2D eigenvalue weighted by atomic mass is 16.3. The zero-order valence-corrected chi connectivity index (χ0v) is 21.4. The summed E-state index contributed by atoms with van der Waals surface area (Å²) in [5.74, 6) is 1.98. The van der Waals surface area contributed by atoms with Gasteiger partial charge >= 0.3 is 0 Å². The van der Waals surface area contributed by atoms with Gasteiger partial charge in [0.15, 0.2) is 11.6 Å². The molecule has 39 heavy (non-hydrogen) atoms. The number of benzene rings is 4. The number of fused-ring (bicyclic) bond motifs is 6.